The highest BCUT2D eigenvalue weighted by Gasteiger charge is 2.11. The zero-order chi connectivity index (χ0) is 16.9. The van der Waals surface area contributed by atoms with Crippen LogP contribution in [-0.4, -0.2) is 30.1 Å². The molecular formula is C18H17N3O3. The normalized spacial score (nSPS) is 10.2. The molecular weight excluding hydrogens is 306 g/mol. The van der Waals surface area contributed by atoms with Crippen molar-refractivity contribution in [3.8, 4) is 22.9 Å². The molecule has 0 spiro atoms. The first-order valence-electron chi connectivity index (χ1n) is 7.34. The number of aromatic amines is 1. The molecule has 6 heteroatoms. The second-order valence-corrected chi connectivity index (χ2v) is 5.07. The maximum Gasteiger partial charge on any atom is 0.255 e. The molecule has 1 amide bonds. The molecule has 0 atom stereocenters. The van der Waals surface area contributed by atoms with Crippen LogP contribution in [0.1, 0.15) is 10.4 Å². The highest BCUT2D eigenvalue weighted by Crippen LogP contribution is 2.24. The third-order valence-electron chi connectivity index (χ3n) is 3.51. The Bertz CT molecular complexity index is 822. The first-order chi connectivity index (χ1) is 11.7. The standard InChI is InChI=1S/C18H17N3O3/c1-23-15-9-13(10-16(11-15)24-2)18(22)21-14-5-3-4-12(8-14)17-19-6-7-20-17/h3-11H,1-2H3,(H,19,20)(H,21,22). The molecule has 0 aliphatic heterocycles. The summed E-state index contributed by atoms with van der Waals surface area (Å²) in [5, 5.41) is 2.87. The van der Waals surface area contributed by atoms with E-state index >= 15 is 0 Å². The van der Waals surface area contributed by atoms with Gasteiger partial charge in [0.15, 0.2) is 0 Å². The van der Waals surface area contributed by atoms with Gasteiger partial charge in [-0.05, 0) is 24.3 Å². The van der Waals surface area contributed by atoms with E-state index in [1.807, 2.05) is 24.3 Å². The highest BCUT2D eigenvalue weighted by atomic mass is 16.5. The molecule has 122 valence electrons. The second kappa shape index (κ2) is 6.87. The largest absolute Gasteiger partial charge is 0.497 e. The lowest BCUT2D eigenvalue weighted by atomic mass is 10.1. The van der Waals surface area contributed by atoms with Crippen LogP contribution in [0.3, 0.4) is 0 Å². The fraction of sp³-hybridized carbons (Fsp3) is 0.111. The van der Waals surface area contributed by atoms with Gasteiger partial charge in [-0.1, -0.05) is 12.1 Å². The summed E-state index contributed by atoms with van der Waals surface area (Å²) >= 11 is 0. The van der Waals surface area contributed by atoms with E-state index in [0.29, 0.717) is 22.7 Å². The molecule has 24 heavy (non-hydrogen) atoms. The van der Waals surface area contributed by atoms with Crippen molar-refractivity contribution < 1.29 is 14.3 Å². The zero-order valence-electron chi connectivity index (χ0n) is 13.4. The van der Waals surface area contributed by atoms with Crippen molar-refractivity contribution in [3.05, 3.63) is 60.4 Å². The fourth-order valence-corrected chi connectivity index (χ4v) is 2.31. The van der Waals surface area contributed by atoms with Crippen molar-refractivity contribution in [3.63, 3.8) is 0 Å². The molecule has 0 aliphatic carbocycles. The fourth-order valence-electron chi connectivity index (χ4n) is 2.31. The molecule has 1 aromatic heterocycles. The van der Waals surface area contributed by atoms with Crippen molar-refractivity contribution in [1.82, 2.24) is 9.97 Å². The molecule has 2 N–H and O–H groups in total. The van der Waals surface area contributed by atoms with E-state index in [-0.39, 0.29) is 5.91 Å². The second-order valence-electron chi connectivity index (χ2n) is 5.07. The van der Waals surface area contributed by atoms with Crippen LogP contribution in [0.25, 0.3) is 11.4 Å². The zero-order valence-corrected chi connectivity index (χ0v) is 13.4. The van der Waals surface area contributed by atoms with Gasteiger partial charge in [0.2, 0.25) is 0 Å². The van der Waals surface area contributed by atoms with Crippen LogP contribution >= 0.6 is 0 Å². The van der Waals surface area contributed by atoms with Crippen LogP contribution in [0.2, 0.25) is 0 Å². The molecule has 2 aromatic carbocycles. The molecule has 3 aromatic rings. The topological polar surface area (TPSA) is 76.2 Å². The van der Waals surface area contributed by atoms with E-state index in [1.54, 1.807) is 44.8 Å². The number of amides is 1. The Labute approximate surface area is 139 Å². The minimum atomic E-state index is -0.246. The number of carbonyl (C=O) groups excluding carboxylic acids is 1. The van der Waals surface area contributed by atoms with Gasteiger partial charge in [0.25, 0.3) is 5.91 Å². The van der Waals surface area contributed by atoms with Gasteiger partial charge in [0, 0.05) is 35.3 Å². The molecule has 0 fully saturated rings. The molecule has 6 nitrogen and oxygen atoms in total. The van der Waals surface area contributed by atoms with E-state index in [0.717, 1.165) is 11.4 Å². The third-order valence-corrected chi connectivity index (χ3v) is 3.51. The molecule has 0 radical (unpaired) electrons. The summed E-state index contributed by atoms with van der Waals surface area (Å²) in [5.41, 5.74) is 2.02. The number of nitrogens with zero attached hydrogens (tertiary/aromatic N) is 1. The summed E-state index contributed by atoms with van der Waals surface area (Å²) in [6.07, 6.45) is 3.44. The Balaban J connectivity index is 1.84. The van der Waals surface area contributed by atoms with Crippen molar-refractivity contribution in [1.29, 1.82) is 0 Å². The predicted molar refractivity (Wildman–Crippen MR) is 91.5 cm³/mol. The summed E-state index contributed by atoms with van der Waals surface area (Å²) in [7, 11) is 3.09. The predicted octanol–water partition coefficient (Wildman–Crippen LogP) is 3.35. The Morgan fingerprint density at radius 3 is 2.46 bits per heavy atom. The maximum atomic E-state index is 12.5. The lowest BCUT2D eigenvalue weighted by molar-refractivity contribution is 0.102. The number of carbonyl (C=O) groups is 1. The van der Waals surface area contributed by atoms with E-state index in [1.165, 1.54) is 0 Å². The first-order valence-corrected chi connectivity index (χ1v) is 7.34. The van der Waals surface area contributed by atoms with E-state index in [4.69, 9.17) is 9.47 Å². The smallest absolute Gasteiger partial charge is 0.255 e. The summed E-state index contributed by atoms with van der Waals surface area (Å²) in [6, 6.07) is 12.5. The molecule has 3 rings (SSSR count). The molecule has 0 aliphatic rings. The summed E-state index contributed by atoms with van der Waals surface area (Å²) < 4.78 is 10.4. The van der Waals surface area contributed by atoms with Gasteiger partial charge in [0.05, 0.1) is 14.2 Å². The Hall–Kier alpha value is -3.28. The number of ether oxygens (including phenoxy) is 2. The Morgan fingerprint density at radius 1 is 1.08 bits per heavy atom. The summed E-state index contributed by atoms with van der Waals surface area (Å²) in [6.45, 7) is 0. The average Bonchev–Trinajstić information content (AvgIpc) is 3.16. The number of methoxy groups -OCH3 is 2. The van der Waals surface area contributed by atoms with E-state index < -0.39 is 0 Å². The Kier molecular flexibility index (Phi) is 4.47. The molecule has 1 heterocycles. The monoisotopic (exact) mass is 323 g/mol. The minimum absolute atomic E-state index is 0.246. The van der Waals surface area contributed by atoms with Crippen LogP contribution in [0.15, 0.2) is 54.9 Å². The van der Waals surface area contributed by atoms with Gasteiger partial charge in [-0.3, -0.25) is 4.79 Å². The number of anilines is 1. The quantitative estimate of drug-likeness (QED) is 0.755. The highest BCUT2D eigenvalue weighted by molar-refractivity contribution is 6.05. The SMILES string of the molecule is COc1cc(OC)cc(C(=O)Nc2cccc(-c3ncc[nH]3)c2)c1. The maximum absolute atomic E-state index is 12.5. The van der Waals surface area contributed by atoms with Crippen molar-refractivity contribution in [2.45, 2.75) is 0 Å². The van der Waals surface area contributed by atoms with Crippen LogP contribution < -0.4 is 14.8 Å². The number of nitrogens with one attached hydrogen (secondary N) is 2. The van der Waals surface area contributed by atoms with E-state index in [9.17, 15) is 4.79 Å². The van der Waals surface area contributed by atoms with E-state index in [2.05, 4.69) is 15.3 Å². The van der Waals surface area contributed by atoms with Crippen LogP contribution in [-0.2, 0) is 0 Å². The molecule has 0 saturated heterocycles. The number of aromatic nitrogens is 2. The van der Waals surface area contributed by atoms with Gasteiger partial charge < -0.3 is 19.8 Å². The molecule has 0 saturated carbocycles. The lowest BCUT2D eigenvalue weighted by Gasteiger charge is -2.10. The Morgan fingerprint density at radius 2 is 1.83 bits per heavy atom. The van der Waals surface area contributed by atoms with Gasteiger partial charge in [-0.25, -0.2) is 4.98 Å². The first kappa shape index (κ1) is 15.6. The van der Waals surface area contributed by atoms with Gasteiger partial charge in [0.1, 0.15) is 17.3 Å². The number of H-pyrrole nitrogens is 1. The van der Waals surface area contributed by atoms with Crippen molar-refractivity contribution in [2.24, 2.45) is 0 Å². The van der Waals surface area contributed by atoms with Crippen LogP contribution in [0.4, 0.5) is 5.69 Å². The number of hydrogen-bond donors (Lipinski definition) is 2. The van der Waals surface area contributed by atoms with Crippen LogP contribution in [0.5, 0.6) is 11.5 Å². The van der Waals surface area contributed by atoms with Gasteiger partial charge in [-0.15, -0.1) is 0 Å². The van der Waals surface area contributed by atoms with Crippen molar-refractivity contribution in [2.75, 3.05) is 19.5 Å². The average molecular weight is 323 g/mol. The number of benzene rings is 2. The third kappa shape index (κ3) is 3.38. The van der Waals surface area contributed by atoms with Crippen LogP contribution in [0, 0.1) is 0 Å². The van der Waals surface area contributed by atoms with Gasteiger partial charge in [-0.2, -0.15) is 0 Å². The molecule has 0 unspecified atom stereocenters. The summed E-state index contributed by atoms with van der Waals surface area (Å²) in [5.74, 6) is 1.62. The molecule has 0 bridgehead atoms. The summed E-state index contributed by atoms with van der Waals surface area (Å²) in [4.78, 5) is 19.8. The number of hydrogen-bond acceptors (Lipinski definition) is 4. The lowest BCUT2D eigenvalue weighted by Crippen LogP contribution is -2.12. The van der Waals surface area contributed by atoms with Crippen molar-refractivity contribution >= 4 is 11.6 Å². The van der Waals surface area contributed by atoms with Gasteiger partial charge >= 0.3 is 0 Å². The number of imidazole rings is 1. The number of rotatable bonds is 5. The minimum Gasteiger partial charge on any atom is -0.497 e.